The van der Waals surface area contributed by atoms with Crippen molar-refractivity contribution in [2.45, 2.75) is 40.5 Å². The van der Waals surface area contributed by atoms with Crippen molar-refractivity contribution in [2.75, 3.05) is 31.2 Å². The van der Waals surface area contributed by atoms with Gasteiger partial charge in [0.15, 0.2) is 11.4 Å². The lowest BCUT2D eigenvalue weighted by atomic mass is 9.94. The van der Waals surface area contributed by atoms with Gasteiger partial charge >= 0.3 is 0 Å². The van der Waals surface area contributed by atoms with Gasteiger partial charge in [0.05, 0.1) is 24.3 Å². The number of hydrogen-bond donors (Lipinski definition) is 0. The summed E-state index contributed by atoms with van der Waals surface area (Å²) in [6, 6.07) is 9.84. The van der Waals surface area contributed by atoms with E-state index in [2.05, 4.69) is 26.3 Å². The van der Waals surface area contributed by atoms with Gasteiger partial charge in [-0.2, -0.15) is 5.10 Å². The Morgan fingerprint density at radius 3 is 2.66 bits per heavy atom. The molecule has 3 heterocycles. The molecule has 0 aliphatic carbocycles. The largest absolute Gasteiger partial charge is 0.493 e. The second-order valence-electron chi connectivity index (χ2n) is 7.18. The molecule has 2 aromatic heterocycles. The van der Waals surface area contributed by atoms with E-state index in [4.69, 9.17) is 14.0 Å². The molecule has 0 unspecified atom stereocenters. The zero-order valence-electron chi connectivity index (χ0n) is 16.4. The van der Waals surface area contributed by atoms with Gasteiger partial charge in [-0.05, 0) is 68.4 Å². The minimum atomic E-state index is 0. The monoisotopic (exact) mass is 398 g/mol. The molecule has 7 nitrogen and oxygen atoms in total. The molecule has 0 atom stereocenters. The summed E-state index contributed by atoms with van der Waals surface area (Å²) in [6.07, 6.45) is 3.35. The molecule has 0 radical (unpaired) electrons. The Balaban J connectivity index is 0.00000240. The van der Waals surface area contributed by atoms with E-state index in [0.29, 0.717) is 30.6 Å². The quantitative estimate of drug-likeness (QED) is 0.574. The highest BCUT2D eigenvalue weighted by molar-refractivity contribution is 5.83. The van der Waals surface area contributed by atoms with Crippen LogP contribution < -0.4 is 14.4 Å². The molecule has 0 bridgehead atoms. The van der Waals surface area contributed by atoms with E-state index in [-0.39, 0.29) is 7.43 Å². The molecule has 4 rings (SSSR count). The first-order valence-electron chi connectivity index (χ1n) is 9.93. The lowest BCUT2D eigenvalue weighted by Crippen LogP contribution is -2.34. The highest BCUT2D eigenvalue weighted by Gasteiger charge is 2.20. The number of rotatable bonds is 7. The third-order valence-electron chi connectivity index (χ3n) is 5.21. The fourth-order valence-corrected chi connectivity index (χ4v) is 3.58. The van der Waals surface area contributed by atoms with Crippen LogP contribution in [-0.2, 0) is 0 Å². The van der Waals surface area contributed by atoms with Crippen LogP contribution in [0.1, 0.15) is 39.3 Å². The molecule has 29 heavy (non-hydrogen) atoms. The standard InChI is InChI=1S/C21H26N4O3.CH4/c1-3-26-21-18-6-5-17(14-19(18)28-24-21)27-13-10-16-8-11-25(12-9-16)20-7-4-15(2)22-23-20;/h4-7,14,16H,3,8-13H2,1-2H3;1H4. The Bertz CT molecular complexity index is 902. The van der Waals surface area contributed by atoms with Crippen LogP contribution in [0.15, 0.2) is 34.9 Å². The predicted molar refractivity (Wildman–Crippen MR) is 114 cm³/mol. The van der Waals surface area contributed by atoms with E-state index in [1.807, 2.05) is 38.1 Å². The van der Waals surface area contributed by atoms with Crippen LogP contribution in [0.2, 0.25) is 0 Å². The summed E-state index contributed by atoms with van der Waals surface area (Å²) in [7, 11) is 0. The summed E-state index contributed by atoms with van der Waals surface area (Å²) < 4.78 is 16.7. The number of piperidine rings is 1. The van der Waals surface area contributed by atoms with E-state index < -0.39 is 0 Å². The number of hydrogen-bond acceptors (Lipinski definition) is 7. The van der Waals surface area contributed by atoms with Crippen molar-refractivity contribution < 1.29 is 14.0 Å². The molecule has 1 aliphatic rings. The zero-order chi connectivity index (χ0) is 19.3. The van der Waals surface area contributed by atoms with E-state index >= 15 is 0 Å². The third-order valence-corrected chi connectivity index (χ3v) is 5.21. The summed E-state index contributed by atoms with van der Waals surface area (Å²) in [5.41, 5.74) is 1.64. The van der Waals surface area contributed by atoms with Gasteiger partial charge in [-0.15, -0.1) is 5.10 Å². The van der Waals surface area contributed by atoms with Crippen molar-refractivity contribution in [2.24, 2.45) is 5.92 Å². The Morgan fingerprint density at radius 1 is 1.10 bits per heavy atom. The zero-order valence-corrected chi connectivity index (χ0v) is 16.4. The molecule has 156 valence electrons. The topological polar surface area (TPSA) is 73.5 Å². The van der Waals surface area contributed by atoms with Crippen molar-refractivity contribution in [3.8, 4) is 11.6 Å². The number of aryl methyl sites for hydroxylation is 1. The number of ether oxygens (including phenoxy) is 2. The summed E-state index contributed by atoms with van der Waals surface area (Å²) in [5.74, 6) is 2.99. The van der Waals surface area contributed by atoms with Crippen molar-refractivity contribution in [1.29, 1.82) is 0 Å². The van der Waals surface area contributed by atoms with Crippen LogP contribution in [0.25, 0.3) is 11.0 Å². The van der Waals surface area contributed by atoms with Crippen molar-refractivity contribution in [1.82, 2.24) is 15.4 Å². The predicted octanol–water partition coefficient (Wildman–Crippen LogP) is 4.65. The number of fused-ring (bicyclic) bond motifs is 1. The Kier molecular flexibility index (Phi) is 6.90. The molecule has 1 aliphatic heterocycles. The first-order valence-corrected chi connectivity index (χ1v) is 9.93. The van der Waals surface area contributed by atoms with Crippen LogP contribution >= 0.6 is 0 Å². The van der Waals surface area contributed by atoms with Gasteiger partial charge in [0.1, 0.15) is 5.75 Å². The molecule has 1 aromatic carbocycles. The van der Waals surface area contributed by atoms with Gasteiger partial charge in [0.25, 0.3) is 5.88 Å². The van der Waals surface area contributed by atoms with Gasteiger partial charge in [-0.25, -0.2) is 0 Å². The average Bonchev–Trinajstić information content (AvgIpc) is 3.12. The number of anilines is 1. The summed E-state index contributed by atoms with van der Waals surface area (Å²) >= 11 is 0. The first kappa shape index (κ1) is 20.9. The molecule has 0 amide bonds. The lowest BCUT2D eigenvalue weighted by Gasteiger charge is -2.32. The Morgan fingerprint density at radius 2 is 1.93 bits per heavy atom. The van der Waals surface area contributed by atoms with Crippen LogP contribution in [0.5, 0.6) is 11.6 Å². The van der Waals surface area contributed by atoms with Crippen LogP contribution in [0.3, 0.4) is 0 Å². The number of aromatic nitrogens is 3. The molecule has 1 fully saturated rings. The fourth-order valence-electron chi connectivity index (χ4n) is 3.58. The van der Waals surface area contributed by atoms with Gasteiger partial charge in [0, 0.05) is 19.2 Å². The van der Waals surface area contributed by atoms with Crippen LogP contribution in [0.4, 0.5) is 5.82 Å². The van der Waals surface area contributed by atoms with E-state index in [9.17, 15) is 0 Å². The van der Waals surface area contributed by atoms with Gasteiger partial charge in [0.2, 0.25) is 0 Å². The summed E-state index contributed by atoms with van der Waals surface area (Å²) in [4.78, 5) is 2.32. The maximum atomic E-state index is 5.95. The molecule has 3 aromatic rings. The fraction of sp³-hybridized carbons (Fsp3) is 0.500. The third kappa shape index (κ3) is 4.96. The van der Waals surface area contributed by atoms with Gasteiger partial charge in [-0.1, -0.05) is 7.43 Å². The summed E-state index contributed by atoms with van der Waals surface area (Å²) in [6.45, 7) is 7.19. The summed E-state index contributed by atoms with van der Waals surface area (Å²) in [5, 5.41) is 13.3. The van der Waals surface area contributed by atoms with E-state index in [0.717, 1.165) is 55.0 Å². The minimum Gasteiger partial charge on any atom is -0.493 e. The molecule has 1 saturated heterocycles. The van der Waals surface area contributed by atoms with Crippen molar-refractivity contribution in [3.05, 3.63) is 36.0 Å². The maximum absolute atomic E-state index is 5.95. The van der Waals surface area contributed by atoms with Gasteiger partial charge in [-0.3, -0.25) is 0 Å². The lowest BCUT2D eigenvalue weighted by molar-refractivity contribution is 0.258. The second kappa shape index (κ2) is 9.58. The smallest absolute Gasteiger partial charge is 0.262 e. The van der Waals surface area contributed by atoms with Gasteiger partial charge < -0.3 is 18.9 Å². The first-order chi connectivity index (χ1) is 13.7. The van der Waals surface area contributed by atoms with Crippen molar-refractivity contribution in [3.63, 3.8) is 0 Å². The van der Waals surface area contributed by atoms with E-state index in [1.54, 1.807) is 0 Å². The average molecular weight is 399 g/mol. The minimum absolute atomic E-state index is 0. The Labute approximate surface area is 172 Å². The Hall–Kier alpha value is -2.83. The highest BCUT2D eigenvalue weighted by Crippen LogP contribution is 2.29. The molecular weight excluding hydrogens is 368 g/mol. The molecular formula is C22H30N4O3. The number of nitrogens with zero attached hydrogens (tertiary/aromatic N) is 4. The normalized spacial score (nSPS) is 14.6. The molecule has 7 heteroatoms. The second-order valence-corrected chi connectivity index (χ2v) is 7.18. The maximum Gasteiger partial charge on any atom is 0.262 e. The molecule has 0 spiro atoms. The van der Waals surface area contributed by atoms with Crippen LogP contribution in [0, 0.1) is 12.8 Å². The SMILES string of the molecule is C.CCOc1noc2cc(OCCC3CCN(c4ccc(C)nn4)CC3)ccc12. The molecule has 0 saturated carbocycles. The van der Waals surface area contributed by atoms with E-state index in [1.165, 1.54) is 0 Å². The van der Waals surface area contributed by atoms with Crippen molar-refractivity contribution >= 4 is 16.8 Å². The molecule has 0 N–H and O–H groups in total. The highest BCUT2D eigenvalue weighted by atomic mass is 16.5. The number of benzene rings is 1. The van der Waals surface area contributed by atoms with Crippen LogP contribution in [-0.4, -0.2) is 41.7 Å².